The monoisotopic (exact) mass is 510 g/mol. The Morgan fingerprint density at radius 1 is 0.526 bits per heavy atom. The van der Waals surface area contributed by atoms with Crippen LogP contribution in [0.4, 0.5) is 22.7 Å². The van der Waals surface area contributed by atoms with Crippen LogP contribution in [0.2, 0.25) is 0 Å². The summed E-state index contributed by atoms with van der Waals surface area (Å²) in [6.45, 7) is 3.18. The van der Waals surface area contributed by atoms with Crippen LogP contribution in [-0.2, 0) is 0 Å². The minimum absolute atomic E-state index is 0.236. The summed E-state index contributed by atoms with van der Waals surface area (Å²) in [5.41, 5.74) is 3.89. The maximum absolute atomic E-state index is 11.3. The van der Waals surface area contributed by atoms with Crippen LogP contribution < -0.4 is 0 Å². The zero-order valence-electron chi connectivity index (χ0n) is 20.3. The van der Waals surface area contributed by atoms with Crippen LogP contribution in [0.25, 0.3) is 11.1 Å². The van der Waals surface area contributed by atoms with Gasteiger partial charge in [-0.1, -0.05) is 24.3 Å². The molecular formula is C28H22N4O6. The smallest absolute Gasteiger partial charge is 0.339 e. The van der Waals surface area contributed by atoms with Gasteiger partial charge in [-0.2, -0.15) is 20.5 Å². The van der Waals surface area contributed by atoms with Crippen LogP contribution >= 0.6 is 0 Å². The van der Waals surface area contributed by atoms with Gasteiger partial charge in [0.2, 0.25) is 0 Å². The summed E-state index contributed by atoms with van der Waals surface area (Å²) in [7, 11) is 0. The van der Waals surface area contributed by atoms with Crippen molar-refractivity contribution in [2.45, 2.75) is 13.8 Å². The second kappa shape index (κ2) is 10.7. The first-order valence-corrected chi connectivity index (χ1v) is 11.3. The van der Waals surface area contributed by atoms with Gasteiger partial charge in [0, 0.05) is 0 Å². The van der Waals surface area contributed by atoms with Gasteiger partial charge >= 0.3 is 11.9 Å². The summed E-state index contributed by atoms with van der Waals surface area (Å²) in [5.74, 6) is -3.09. The molecule has 0 unspecified atom stereocenters. The van der Waals surface area contributed by atoms with Gasteiger partial charge in [0.05, 0.1) is 22.7 Å². The highest BCUT2D eigenvalue weighted by atomic mass is 16.4. The van der Waals surface area contributed by atoms with Crippen LogP contribution in [0.1, 0.15) is 31.8 Å². The van der Waals surface area contributed by atoms with Crippen LogP contribution in [0.3, 0.4) is 0 Å². The molecule has 38 heavy (non-hydrogen) atoms. The molecule has 4 N–H and O–H groups in total. The van der Waals surface area contributed by atoms with E-state index >= 15 is 0 Å². The summed E-state index contributed by atoms with van der Waals surface area (Å²) >= 11 is 0. The van der Waals surface area contributed by atoms with Gasteiger partial charge in [-0.3, -0.25) is 0 Å². The van der Waals surface area contributed by atoms with Crippen molar-refractivity contribution >= 4 is 34.7 Å². The molecule has 0 saturated heterocycles. The number of rotatable bonds is 7. The highest BCUT2D eigenvalue weighted by Gasteiger charge is 2.14. The van der Waals surface area contributed by atoms with Crippen molar-refractivity contribution in [3.05, 3.63) is 95.1 Å². The molecule has 0 amide bonds. The van der Waals surface area contributed by atoms with Crippen molar-refractivity contribution in [1.82, 2.24) is 0 Å². The maximum Gasteiger partial charge on any atom is 0.339 e. The fourth-order valence-corrected chi connectivity index (χ4v) is 3.63. The van der Waals surface area contributed by atoms with Gasteiger partial charge in [0.25, 0.3) is 0 Å². The number of carboxylic acid groups (broad SMARTS) is 2. The Bertz CT molecular complexity index is 1470. The number of hydrogen-bond donors (Lipinski definition) is 4. The third-order valence-corrected chi connectivity index (χ3v) is 5.66. The fraction of sp³-hybridized carbons (Fsp3) is 0.0714. The van der Waals surface area contributed by atoms with Crippen molar-refractivity contribution < 1.29 is 30.0 Å². The second-order valence-electron chi connectivity index (χ2n) is 8.42. The quantitative estimate of drug-likeness (QED) is 0.187. The average molecular weight is 511 g/mol. The molecule has 0 heterocycles. The highest BCUT2D eigenvalue weighted by Crippen LogP contribution is 2.31. The molecule has 0 atom stereocenters. The molecule has 4 rings (SSSR count). The molecule has 10 heteroatoms. The van der Waals surface area contributed by atoms with E-state index in [9.17, 15) is 30.0 Å². The van der Waals surface area contributed by atoms with E-state index < -0.39 is 11.9 Å². The van der Waals surface area contributed by atoms with E-state index in [1.54, 1.807) is 50.2 Å². The van der Waals surface area contributed by atoms with Gasteiger partial charge in [0.15, 0.2) is 0 Å². The Morgan fingerprint density at radius 3 is 1.16 bits per heavy atom. The number of carboxylic acids is 2. The number of benzene rings is 4. The third-order valence-electron chi connectivity index (χ3n) is 5.66. The number of azo groups is 2. The molecule has 190 valence electrons. The van der Waals surface area contributed by atoms with Gasteiger partial charge in [0.1, 0.15) is 22.6 Å². The van der Waals surface area contributed by atoms with Crippen molar-refractivity contribution in [2.75, 3.05) is 0 Å². The number of phenols is 2. The van der Waals surface area contributed by atoms with E-state index in [-0.39, 0.29) is 22.6 Å². The first kappa shape index (κ1) is 25.7. The SMILES string of the molecule is Cc1cc(N=Nc2ccc(-c3ccc(N=Nc4cc(C)c(O)c(C(=O)O)c4)cc3)cc2)cc(C(=O)O)c1O. The molecule has 0 radical (unpaired) electrons. The number of hydrogen-bond acceptors (Lipinski definition) is 8. The minimum Gasteiger partial charge on any atom is -0.507 e. The standard InChI is InChI=1S/C28H22N4O6/c1-15-11-21(13-23(25(15)33)27(35)36)31-29-19-7-3-17(4-8-19)18-5-9-20(10-6-18)30-32-22-12-16(2)26(34)24(14-22)28(37)38/h3-14,33-34H,1-2H3,(H,35,36)(H,37,38). The number of aryl methyl sites for hydroxylation is 2. The molecular weight excluding hydrogens is 488 g/mol. The van der Waals surface area contributed by atoms with Gasteiger partial charge in [-0.15, -0.1) is 0 Å². The van der Waals surface area contributed by atoms with E-state index in [0.29, 0.717) is 33.9 Å². The Kier molecular flexibility index (Phi) is 7.24. The average Bonchev–Trinajstić information content (AvgIpc) is 2.90. The summed E-state index contributed by atoms with van der Waals surface area (Å²) in [4.78, 5) is 22.6. The molecule has 0 spiro atoms. The van der Waals surface area contributed by atoms with Crippen molar-refractivity contribution in [1.29, 1.82) is 0 Å². The lowest BCUT2D eigenvalue weighted by molar-refractivity contribution is 0.0682. The van der Waals surface area contributed by atoms with E-state index in [2.05, 4.69) is 20.5 Å². The van der Waals surface area contributed by atoms with E-state index in [1.165, 1.54) is 12.1 Å². The Hall–Kier alpha value is -5.38. The molecule has 0 aliphatic carbocycles. The fourth-order valence-electron chi connectivity index (χ4n) is 3.63. The van der Waals surface area contributed by atoms with Gasteiger partial charge < -0.3 is 20.4 Å². The first-order chi connectivity index (χ1) is 18.1. The molecule has 0 aromatic heterocycles. The van der Waals surface area contributed by atoms with Crippen LogP contribution in [0.15, 0.2) is 93.3 Å². The van der Waals surface area contributed by atoms with E-state index in [0.717, 1.165) is 11.1 Å². The summed E-state index contributed by atoms with van der Waals surface area (Å²) in [6.07, 6.45) is 0. The molecule has 0 aliphatic heterocycles. The van der Waals surface area contributed by atoms with Gasteiger partial charge in [-0.05, 0) is 84.6 Å². The molecule has 0 saturated carbocycles. The van der Waals surface area contributed by atoms with E-state index in [4.69, 9.17) is 0 Å². The Morgan fingerprint density at radius 2 is 0.842 bits per heavy atom. The number of aromatic carboxylic acids is 2. The predicted octanol–water partition coefficient (Wildman–Crippen LogP) is 7.61. The Balaban J connectivity index is 1.47. The zero-order chi connectivity index (χ0) is 27.4. The maximum atomic E-state index is 11.3. The largest absolute Gasteiger partial charge is 0.507 e. The third kappa shape index (κ3) is 5.71. The summed E-state index contributed by atoms with van der Waals surface area (Å²) < 4.78 is 0. The normalized spacial score (nSPS) is 11.3. The lowest BCUT2D eigenvalue weighted by Crippen LogP contribution is -1.97. The zero-order valence-corrected chi connectivity index (χ0v) is 20.3. The van der Waals surface area contributed by atoms with Crippen molar-refractivity contribution in [2.24, 2.45) is 20.5 Å². The minimum atomic E-state index is -1.25. The highest BCUT2D eigenvalue weighted by molar-refractivity contribution is 5.93. The van der Waals surface area contributed by atoms with E-state index in [1.807, 2.05) is 24.3 Å². The predicted molar refractivity (Wildman–Crippen MR) is 140 cm³/mol. The second-order valence-corrected chi connectivity index (χ2v) is 8.42. The molecule has 10 nitrogen and oxygen atoms in total. The van der Waals surface area contributed by atoms with Crippen LogP contribution in [0, 0.1) is 13.8 Å². The topological polar surface area (TPSA) is 164 Å². The molecule has 0 bridgehead atoms. The van der Waals surface area contributed by atoms with Crippen molar-refractivity contribution in [3.63, 3.8) is 0 Å². The summed E-state index contributed by atoms with van der Waals surface area (Å²) in [6, 6.07) is 20.1. The number of carbonyl (C=O) groups is 2. The summed E-state index contributed by atoms with van der Waals surface area (Å²) in [5, 5.41) is 54.6. The molecule has 0 fully saturated rings. The lowest BCUT2D eigenvalue weighted by Gasteiger charge is -2.05. The first-order valence-electron chi connectivity index (χ1n) is 11.3. The number of nitrogens with zero attached hydrogens (tertiary/aromatic N) is 4. The molecule has 0 aliphatic rings. The van der Waals surface area contributed by atoms with Crippen LogP contribution in [-0.4, -0.2) is 32.4 Å². The lowest BCUT2D eigenvalue weighted by atomic mass is 10.1. The molecule has 4 aromatic carbocycles. The molecule has 4 aromatic rings. The number of aromatic hydroxyl groups is 2. The Labute approximate surface area is 216 Å². The van der Waals surface area contributed by atoms with Crippen molar-refractivity contribution in [3.8, 4) is 22.6 Å². The van der Waals surface area contributed by atoms with Gasteiger partial charge in [-0.25, -0.2) is 9.59 Å². The van der Waals surface area contributed by atoms with Crippen LogP contribution in [0.5, 0.6) is 11.5 Å².